The summed E-state index contributed by atoms with van der Waals surface area (Å²) in [6, 6.07) is 0. The smallest absolute Gasteiger partial charge is 0.153 e. The molecule has 0 aromatic rings. The molecule has 1 saturated heterocycles. The number of halogens is 1. The van der Waals surface area contributed by atoms with Crippen LogP contribution in [0.3, 0.4) is 0 Å². The van der Waals surface area contributed by atoms with Gasteiger partial charge in [0.25, 0.3) is 0 Å². The molecule has 1 aliphatic rings. The van der Waals surface area contributed by atoms with E-state index in [1.165, 1.54) is 0 Å². The second-order valence-corrected chi connectivity index (χ2v) is 5.92. The van der Waals surface area contributed by atoms with E-state index in [2.05, 4.69) is 0 Å². The van der Waals surface area contributed by atoms with Crippen LogP contribution in [0.15, 0.2) is 0 Å². The van der Waals surface area contributed by atoms with Crippen LogP contribution in [0.5, 0.6) is 0 Å². The lowest BCUT2D eigenvalue weighted by molar-refractivity contribution is 0.138. The second-order valence-electron chi connectivity index (χ2n) is 3.69. The fourth-order valence-corrected chi connectivity index (χ4v) is 3.07. The van der Waals surface area contributed by atoms with E-state index >= 15 is 0 Å². The van der Waals surface area contributed by atoms with E-state index in [-0.39, 0.29) is 18.1 Å². The number of alkyl halides is 1. The molecule has 2 atom stereocenters. The Kier molecular flexibility index (Phi) is 2.45. The molecular formula is C7H14FNO2S. The van der Waals surface area contributed by atoms with Crippen LogP contribution in [0.2, 0.25) is 0 Å². The quantitative estimate of drug-likeness (QED) is 0.646. The molecule has 2 N–H and O–H groups in total. The molecule has 3 nitrogen and oxygen atoms in total. The maximum absolute atomic E-state index is 13.3. The maximum Gasteiger partial charge on any atom is 0.153 e. The van der Waals surface area contributed by atoms with Crippen LogP contribution < -0.4 is 5.73 Å². The lowest BCUT2D eigenvalue weighted by Gasteiger charge is -2.35. The lowest BCUT2D eigenvalue weighted by Crippen LogP contribution is -2.46. The van der Waals surface area contributed by atoms with E-state index in [4.69, 9.17) is 5.73 Å². The highest BCUT2D eigenvalue weighted by molar-refractivity contribution is 7.91. The van der Waals surface area contributed by atoms with Crippen LogP contribution in [-0.4, -0.2) is 32.6 Å². The molecule has 0 aliphatic carbocycles. The van der Waals surface area contributed by atoms with Gasteiger partial charge in [-0.25, -0.2) is 12.8 Å². The Morgan fingerprint density at radius 1 is 1.67 bits per heavy atom. The third-order valence-electron chi connectivity index (χ3n) is 2.61. The van der Waals surface area contributed by atoms with Gasteiger partial charge in [-0.1, -0.05) is 6.92 Å². The first-order chi connectivity index (χ1) is 5.40. The van der Waals surface area contributed by atoms with Gasteiger partial charge in [-0.15, -0.1) is 0 Å². The van der Waals surface area contributed by atoms with E-state index in [0.29, 0.717) is 6.42 Å². The number of nitrogens with two attached hydrogens (primary N) is 1. The Hall–Kier alpha value is -0.160. The van der Waals surface area contributed by atoms with Crippen LogP contribution >= 0.6 is 0 Å². The molecule has 0 aromatic carbocycles. The minimum absolute atomic E-state index is 0.0706. The Labute approximate surface area is 72.1 Å². The number of hydrogen-bond acceptors (Lipinski definition) is 3. The van der Waals surface area contributed by atoms with Gasteiger partial charge >= 0.3 is 0 Å². The summed E-state index contributed by atoms with van der Waals surface area (Å²) < 4.78 is 35.2. The van der Waals surface area contributed by atoms with Crippen molar-refractivity contribution in [2.24, 2.45) is 11.1 Å². The van der Waals surface area contributed by atoms with Gasteiger partial charge in [-0.3, -0.25) is 0 Å². The van der Waals surface area contributed by atoms with Gasteiger partial charge < -0.3 is 5.73 Å². The zero-order valence-corrected chi connectivity index (χ0v) is 7.90. The van der Waals surface area contributed by atoms with Crippen LogP contribution in [0.25, 0.3) is 0 Å². The van der Waals surface area contributed by atoms with Gasteiger partial charge in [0.05, 0.1) is 11.5 Å². The van der Waals surface area contributed by atoms with Crippen molar-refractivity contribution in [3.63, 3.8) is 0 Å². The highest BCUT2D eigenvalue weighted by Crippen LogP contribution is 2.33. The van der Waals surface area contributed by atoms with Crippen molar-refractivity contribution in [1.82, 2.24) is 0 Å². The van der Waals surface area contributed by atoms with E-state index in [1.54, 1.807) is 6.92 Å². The predicted molar refractivity (Wildman–Crippen MR) is 45.3 cm³/mol. The number of hydrogen-bond donors (Lipinski definition) is 1. The molecule has 0 aromatic heterocycles. The standard InChI is InChI=1S/C7H14FNO2S/c1-7(5-9)2-3-12(10,11)4-6(7)8/h6H,2-5,9H2,1H3. The molecule has 1 heterocycles. The van der Waals surface area contributed by atoms with Crippen molar-refractivity contribution in [2.75, 3.05) is 18.1 Å². The molecule has 5 heteroatoms. The Bertz CT molecular complexity index is 265. The van der Waals surface area contributed by atoms with E-state index in [0.717, 1.165) is 0 Å². The summed E-state index contributed by atoms with van der Waals surface area (Å²) in [4.78, 5) is 0. The van der Waals surface area contributed by atoms with Crippen LogP contribution in [-0.2, 0) is 9.84 Å². The number of sulfone groups is 1. The van der Waals surface area contributed by atoms with Crippen molar-refractivity contribution < 1.29 is 12.8 Å². The highest BCUT2D eigenvalue weighted by Gasteiger charge is 2.41. The van der Waals surface area contributed by atoms with E-state index in [9.17, 15) is 12.8 Å². The zero-order chi connectivity index (χ0) is 9.41. The summed E-state index contributed by atoms with van der Waals surface area (Å²) in [5, 5.41) is 0. The third kappa shape index (κ3) is 1.77. The maximum atomic E-state index is 13.3. The molecule has 72 valence electrons. The molecule has 0 spiro atoms. The zero-order valence-electron chi connectivity index (χ0n) is 7.09. The van der Waals surface area contributed by atoms with Gasteiger partial charge in [-0.05, 0) is 6.42 Å². The normalized spacial score (nSPS) is 41.1. The first-order valence-corrected chi connectivity index (χ1v) is 5.76. The van der Waals surface area contributed by atoms with Crippen molar-refractivity contribution in [3.8, 4) is 0 Å². The first-order valence-electron chi connectivity index (χ1n) is 3.94. The topological polar surface area (TPSA) is 60.2 Å². The fourth-order valence-electron chi connectivity index (χ4n) is 1.28. The van der Waals surface area contributed by atoms with Gasteiger partial charge in [-0.2, -0.15) is 0 Å². The molecular weight excluding hydrogens is 181 g/mol. The third-order valence-corrected chi connectivity index (χ3v) is 4.23. The summed E-state index contributed by atoms with van der Waals surface area (Å²) in [5.74, 6) is -0.290. The van der Waals surface area contributed by atoms with Crippen LogP contribution in [0, 0.1) is 5.41 Å². The summed E-state index contributed by atoms with van der Waals surface area (Å²) >= 11 is 0. The molecule has 1 fully saturated rings. The number of rotatable bonds is 1. The average molecular weight is 195 g/mol. The molecule has 2 unspecified atom stereocenters. The van der Waals surface area contributed by atoms with Gasteiger partial charge in [0.2, 0.25) is 0 Å². The molecule has 0 radical (unpaired) electrons. The predicted octanol–water partition coefficient (Wildman–Crippen LogP) is 0.108. The van der Waals surface area contributed by atoms with Crippen molar-refractivity contribution in [3.05, 3.63) is 0 Å². The lowest BCUT2D eigenvalue weighted by atomic mass is 9.83. The van der Waals surface area contributed by atoms with Crippen molar-refractivity contribution in [1.29, 1.82) is 0 Å². The average Bonchev–Trinajstić information content (AvgIpc) is 1.97. The van der Waals surface area contributed by atoms with E-state index in [1.807, 2.05) is 0 Å². The Morgan fingerprint density at radius 2 is 2.25 bits per heavy atom. The summed E-state index contributed by atoms with van der Waals surface area (Å²) in [6.45, 7) is 1.91. The Balaban J connectivity index is 2.79. The van der Waals surface area contributed by atoms with Crippen LogP contribution in [0.1, 0.15) is 13.3 Å². The fraction of sp³-hybridized carbons (Fsp3) is 1.00. The molecule has 1 rings (SSSR count). The second kappa shape index (κ2) is 2.96. The summed E-state index contributed by atoms with van der Waals surface area (Å²) in [5.41, 5.74) is 4.75. The van der Waals surface area contributed by atoms with Crippen molar-refractivity contribution in [2.45, 2.75) is 19.5 Å². The summed E-state index contributed by atoms with van der Waals surface area (Å²) in [7, 11) is -3.14. The van der Waals surface area contributed by atoms with Crippen molar-refractivity contribution >= 4 is 9.84 Å². The minimum Gasteiger partial charge on any atom is -0.330 e. The van der Waals surface area contributed by atoms with Crippen LogP contribution in [0.4, 0.5) is 4.39 Å². The summed E-state index contributed by atoms with van der Waals surface area (Å²) in [6.07, 6.45) is -0.964. The molecule has 0 amide bonds. The largest absolute Gasteiger partial charge is 0.330 e. The monoisotopic (exact) mass is 195 g/mol. The highest BCUT2D eigenvalue weighted by atomic mass is 32.2. The van der Waals surface area contributed by atoms with E-state index < -0.39 is 21.4 Å². The molecule has 0 saturated carbocycles. The molecule has 0 bridgehead atoms. The molecule has 1 aliphatic heterocycles. The minimum atomic E-state index is -3.14. The van der Waals surface area contributed by atoms with Gasteiger partial charge in [0.15, 0.2) is 9.84 Å². The SMILES string of the molecule is CC1(CN)CCS(=O)(=O)CC1F. The van der Waals surface area contributed by atoms with Gasteiger partial charge in [0, 0.05) is 12.0 Å². The first kappa shape index (κ1) is 9.92. The molecule has 12 heavy (non-hydrogen) atoms. The van der Waals surface area contributed by atoms with Gasteiger partial charge in [0.1, 0.15) is 6.17 Å². The Morgan fingerprint density at radius 3 is 2.67 bits per heavy atom.